The lowest BCUT2D eigenvalue weighted by Crippen LogP contribution is -2.52. The lowest BCUT2D eigenvalue weighted by atomic mass is 9.95. The summed E-state index contributed by atoms with van der Waals surface area (Å²) in [7, 11) is 0. The molecule has 1 aliphatic rings. The summed E-state index contributed by atoms with van der Waals surface area (Å²) in [5.41, 5.74) is 2.91. The molecule has 2 N–H and O–H groups in total. The fourth-order valence-corrected chi connectivity index (χ4v) is 5.55. The number of aromatic amines is 1. The van der Waals surface area contributed by atoms with Crippen molar-refractivity contribution in [2.75, 3.05) is 18.0 Å². The van der Waals surface area contributed by atoms with E-state index in [-0.39, 0.29) is 41.8 Å². The molecule has 0 aliphatic carbocycles. The number of hydrogen-bond acceptors (Lipinski definition) is 5. The fourth-order valence-electron chi connectivity index (χ4n) is 5.55. The van der Waals surface area contributed by atoms with Crippen LogP contribution in [0.5, 0.6) is 0 Å². The van der Waals surface area contributed by atoms with Crippen molar-refractivity contribution < 1.29 is 18.7 Å². The van der Waals surface area contributed by atoms with Crippen LogP contribution in [0.15, 0.2) is 23.0 Å². The fraction of sp³-hybridized carbons (Fsp3) is 0.581. The lowest BCUT2D eigenvalue weighted by molar-refractivity contribution is 0.0103. The van der Waals surface area contributed by atoms with Gasteiger partial charge in [0.25, 0.3) is 11.5 Å². The molecule has 40 heavy (non-hydrogen) atoms. The number of rotatable bonds is 7. The van der Waals surface area contributed by atoms with Crippen molar-refractivity contribution in [1.29, 1.82) is 0 Å². The molecule has 3 rings (SSSR count). The van der Waals surface area contributed by atoms with E-state index in [0.717, 1.165) is 11.3 Å². The van der Waals surface area contributed by atoms with Gasteiger partial charge in [0.05, 0.1) is 0 Å². The maximum atomic E-state index is 14.9. The number of halogens is 1. The Balaban J connectivity index is 1.82. The summed E-state index contributed by atoms with van der Waals surface area (Å²) in [6.07, 6.45) is 1.07. The second kappa shape index (κ2) is 12.4. The van der Waals surface area contributed by atoms with Gasteiger partial charge in [0.15, 0.2) is 0 Å². The Bertz CT molecular complexity index is 1300. The number of hydrogen-bond donors (Lipinski definition) is 2. The standard InChI is InChI=1S/C31H45FN4O4/c1-10-35(23-11-12-36(20(5)14-23)30(39)40-31(7,8)9)27-16-22(32)15-25(21(27)6)28(37)33-17-26-24(18(2)3)13-19(4)34-29(26)38/h13,15-16,18,20,23H,10-12,14,17H2,1-9H3,(H,33,37)(H,34,38). The lowest BCUT2D eigenvalue weighted by Gasteiger charge is -2.43. The Kier molecular flexibility index (Phi) is 9.69. The molecule has 1 saturated heterocycles. The molecule has 2 amide bonds. The van der Waals surface area contributed by atoms with Gasteiger partial charge in [-0.3, -0.25) is 9.59 Å². The molecular weight excluding hydrogens is 511 g/mol. The van der Waals surface area contributed by atoms with Crippen LogP contribution in [0.3, 0.4) is 0 Å². The minimum Gasteiger partial charge on any atom is -0.444 e. The number of carbonyl (C=O) groups excluding carboxylic acids is 2. The number of ether oxygens (including phenoxy) is 1. The van der Waals surface area contributed by atoms with Gasteiger partial charge in [-0.15, -0.1) is 0 Å². The van der Waals surface area contributed by atoms with Crippen molar-refractivity contribution in [2.24, 2.45) is 0 Å². The van der Waals surface area contributed by atoms with Crippen molar-refractivity contribution in [3.8, 4) is 0 Å². The van der Waals surface area contributed by atoms with Crippen LogP contribution in [-0.2, 0) is 11.3 Å². The molecule has 0 radical (unpaired) electrons. The summed E-state index contributed by atoms with van der Waals surface area (Å²) in [4.78, 5) is 45.3. The molecule has 2 unspecified atom stereocenters. The third-order valence-electron chi connectivity index (χ3n) is 7.51. The number of H-pyrrole nitrogens is 1. The van der Waals surface area contributed by atoms with E-state index in [1.54, 1.807) is 4.90 Å². The van der Waals surface area contributed by atoms with E-state index in [9.17, 15) is 18.8 Å². The molecule has 8 nitrogen and oxygen atoms in total. The molecule has 0 bridgehead atoms. The molecule has 9 heteroatoms. The van der Waals surface area contributed by atoms with E-state index in [1.165, 1.54) is 12.1 Å². The van der Waals surface area contributed by atoms with E-state index >= 15 is 0 Å². The van der Waals surface area contributed by atoms with Crippen molar-refractivity contribution in [2.45, 2.75) is 105 Å². The first kappa shape index (κ1) is 31.2. The number of piperidine rings is 1. The van der Waals surface area contributed by atoms with Gasteiger partial charge in [0.1, 0.15) is 11.4 Å². The number of amides is 2. The summed E-state index contributed by atoms with van der Waals surface area (Å²) in [6.45, 7) is 18.4. The number of aromatic nitrogens is 1. The second-order valence-corrected chi connectivity index (χ2v) is 12.1. The molecule has 2 aromatic rings. The molecule has 2 atom stereocenters. The number of nitrogens with zero attached hydrogens (tertiary/aromatic N) is 2. The number of nitrogens with one attached hydrogen (secondary N) is 2. The van der Waals surface area contributed by atoms with Crippen molar-refractivity contribution in [3.05, 3.63) is 62.3 Å². The number of pyridine rings is 1. The third kappa shape index (κ3) is 7.23. The zero-order chi connectivity index (χ0) is 29.9. The van der Waals surface area contributed by atoms with Gasteiger partial charge in [-0.05, 0) is 96.6 Å². The van der Waals surface area contributed by atoms with E-state index in [2.05, 4.69) is 15.2 Å². The molecular formula is C31H45FN4O4. The van der Waals surface area contributed by atoms with Gasteiger partial charge < -0.3 is 24.8 Å². The highest BCUT2D eigenvalue weighted by atomic mass is 19.1. The first-order valence-electron chi connectivity index (χ1n) is 14.2. The van der Waals surface area contributed by atoms with E-state index in [1.807, 2.05) is 68.4 Å². The summed E-state index contributed by atoms with van der Waals surface area (Å²) in [5.74, 6) is -0.825. The van der Waals surface area contributed by atoms with Crippen LogP contribution in [0, 0.1) is 19.7 Å². The quantitative estimate of drug-likeness (QED) is 0.450. The molecule has 1 aliphatic heterocycles. The Morgan fingerprint density at radius 1 is 1.23 bits per heavy atom. The predicted octanol–water partition coefficient (Wildman–Crippen LogP) is 5.80. The van der Waals surface area contributed by atoms with Crippen molar-refractivity contribution in [3.63, 3.8) is 0 Å². The molecule has 1 aromatic heterocycles. The monoisotopic (exact) mass is 556 g/mol. The van der Waals surface area contributed by atoms with Gasteiger partial charge in [-0.1, -0.05) is 13.8 Å². The smallest absolute Gasteiger partial charge is 0.410 e. The van der Waals surface area contributed by atoms with Crippen LogP contribution >= 0.6 is 0 Å². The van der Waals surface area contributed by atoms with Gasteiger partial charge in [0, 0.05) is 54.2 Å². The minimum absolute atomic E-state index is 0.0470. The predicted molar refractivity (Wildman–Crippen MR) is 157 cm³/mol. The van der Waals surface area contributed by atoms with E-state index in [0.29, 0.717) is 42.7 Å². The topological polar surface area (TPSA) is 94.7 Å². The highest BCUT2D eigenvalue weighted by Gasteiger charge is 2.34. The minimum atomic E-state index is -0.567. The SMILES string of the molecule is CCN(c1cc(F)cc(C(=O)NCc2c(C(C)C)cc(C)[nH]c2=O)c1C)C1CCN(C(=O)OC(C)(C)C)C(C)C1. The van der Waals surface area contributed by atoms with Crippen LogP contribution < -0.4 is 15.8 Å². The van der Waals surface area contributed by atoms with Crippen molar-refractivity contribution in [1.82, 2.24) is 15.2 Å². The van der Waals surface area contributed by atoms with Crippen molar-refractivity contribution >= 4 is 17.7 Å². The van der Waals surface area contributed by atoms with Crippen LogP contribution in [0.4, 0.5) is 14.9 Å². The Hall–Kier alpha value is -3.36. The molecule has 0 saturated carbocycles. The average Bonchev–Trinajstić information content (AvgIpc) is 2.84. The van der Waals surface area contributed by atoms with E-state index < -0.39 is 17.3 Å². The molecule has 0 spiro atoms. The largest absolute Gasteiger partial charge is 0.444 e. The zero-order valence-electron chi connectivity index (χ0n) is 25.4. The molecule has 1 aromatic carbocycles. The Morgan fingerprint density at radius 2 is 1.90 bits per heavy atom. The highest BCUT2D eigenvalue weighted by molar-refractivity contribution is 5.97. The number of aryl methyl sites for hydroxylation is 1. The summed E-state index contributed by atoms with van der Waals surface area (Å²) in [5, 5.41) is 2.84. The number of anilines is 1. The summed E-state index contributed by atoms with van der Waals surface area (Å²) < 4.78 is 20.5. The molecule has 2 heterocycles. The summed E-state index contributed by atoms with van der Waals surface area (Å²) >= 11 is 0. The van der Waals surface area contributed by atoms with Gasteiger partial charge in [-0.25, -0.2) is 9.18 Å². The van der Waals surface area contributed by atoms with Gasteiger partial charge in [-0.2, -0.15) is 0 Å². The Labute approximate surface area is 237 Å². The average molecular weight is 557 g/mol. The van der Waals surface area contributed by atoms with Crippen LogP contribution in [-0.4, -0.2) is 52.7 Å². The first-order chi connectivity index (χ1) is 18.6. The summed E-state index contributed by atoms with van der Waals surface area (Å²) in [6, 6.07) is 4.66. The number of benzene rings is 1. The van der Waals surface area contributed by atoms with Crippen LogP contribution in [0.1, 0.15) is 100.0 Å². The number of likely N-dealkylation sites (tertiary alicyclic amines) is 1. The normalized spacial score (nSPS) is 17.6. The maximum Gasteiger partial charge on any atom is 0.410 e. The Morgan fingerprint density at radius 3 is 2.48 bits per heavy atom. The van der Waals surface area contributed by atoms with Gasteiger partial charge in [0.2, 0.25) is 0 Å². The maximum absolute atomic E-state index is 14.9. The van der Waals surface area contributed by atoms with Crippen LogP contribution in [0.25, 0.3) is 0 Å². The van der Waals surface area contributed by atoms with Gasteiger partial charge >= 0.3 is 6.09 Å². The zero-order valence-corrected chi connectivity index (χ0v) is 25.4. The van der Waals surface area contributed by atoms with Crippen LogP contribution in [0.2, 0.25) is 0 Å². The van der Waals surface area contributed by atoms with E-state index in [4.69, 9.17) is 4.74 Å². The highest BCUT2D eigenvalue weighted by Crippen LogP contribution is 2.32. The molecule has 1 fully saturated rings. The second-order valence-electron chi connectivity index (χ2n) is 12.1. The number of carbonyl (C=O) groups is 2. The third-order valence-corrected chi connectivity index (χ3v) is 7.51. The first-order valence-corrected chi connectivity index (χ1v) is 14.2. The molecule has 220 valence electrons.